The van der Waals surface area contributed by atoms with Crippen LogP contribution in [0.3, 0.4) is 0 Å². The van der Waals surface area contributed by atoms with Crippen LogP contribution in [0.1, 0.15) is 18.4 Å². The number of hydrogen-bond donors (Lipinski definition) is 0. The van der Waals surface area contributed by atoms with Crippen molar-refractivity contribution in [1.29, 1.82) is 0 Å². The molecule has 1 aromatic rings. The molecule has 0 atom stereocenters. The van der Waals surface area contributed by atoms with E-state index in [1.165, 1.54) is 11.3 Å². The van der Waals surface area contributed by atoms with E-state index in [4.69, 9.17) is 4.74 Å². The van der Waals surface area contributed by atoms with Crippen molar-refractivity contribution in [1.82, 2.24) is 9.80 Å². The Labute approximate surface area is 193 Å². The van der Waals surface area contributed by atoms with E-state index in [9.17, 15) is 31.1 Å². The van der Waals surface area contributed by atoms with Gasteiger partial charge < -0.3 is 19.3 Å². The van der Waals surface area contributed by atoms with Crippen LogP contribution in [0.2, 0.25) is 0 Å². The number of carbonyl (C=O) groups excluding carboxylic acids is 1. The summed E-state index contributed by atoms with van der Waals surface area (Å²) in [7, 11) is 0. The average molecular weight is 495 g/mol. The molecule has 1 amide bonds. The Morgan fingerprint density at radius 2 is 1.56 bits per heavy atom. The molecule has 3 fully saturated rings. The number of alkyl halides is 6. The second kappa shape index (κ2) is 9.44. The highest BCUT2D eigenvalue weighted by Gasteiger charge is 2.60. The Kier molecular flexibility index (Phi) is 6.92. The lowest BCUT2D eigenvalue weighted by atomic mass is 9.72. The van der Waals surface area contributed by atoms with Crippen LogP contribution < -0.4 is 4.90 Å². The number of carbonyl (C=O) groups is 1. The molecular weight excluding hydrogens is 468 g/mol. The van der Waals surface area contributed by atoms with Crippen LogP contribution in [0, 0.1) is 5.41 Å². The van der Waals surface area contributed by atoms with Crippen molar-refractivity contribution in [3.05, 3.63) is 29.8 Å². The van der Waals surface area contributed by atoms with Gasteiger partial charge in [0.15, 0.2) is 0 Å². The van der Waals surface area contributed by atoms with E-state index in [0.717, 1.165) is 37.6 Å². The molecular formula is C22H27F6N3O3. The third kappa shape index (κ3) is 5.54. The van der Waals surface area contributed by atoms with Gasteiger partial charge in [-0.3, -0.25) is 4.90 Å². The number of para-hydroxylation sites is 1. The lowest BCUT2D eigenvalue weighted by Crippen LogP contribution is -2.60. The minimum atomic E-state index is -5.71. The lowest BCUT2D eigenvalue weighted by molar-refractivity contribution is -0.308. The van der Waals surface area contributed by atoms with Gasteiger partial charge in [-0.2, -0.15) is 26.3 Å². The standard InChI is InChI=1S/C22H27F6N3O3/c23-21(24,25)18(22(26,27)28)34-19(32)31-7-5-20(6-8-31)14-29(15-20)13-16-3-1-2-4-17(16)30-9-11-33-12-10-30/h1-4,18H,5-15H2. The molecule has 4 rings (SSSR count). The molecule has 1 aromatic carbocycles. The highest BCUT2D eigenvalue weighted by Crippen LogP contribution is 2.42. The molecule has 12 heteroatoms. The molecule has 3 saturated heterocycles. The molecule has 190 valence electrons. The highest BCUT2D eigenvalue weighted by molar-refractivity contribution is 5.68. The van der Waals surface area contributed by atoms with Gasteiger partial charge >= 0.3 is 18.4 Å². The number of rotatable bonds is 4. The fourth-order valence-corrected chi connectivity index (χ4v) is 4.99. The van der Waals surface area contributed by atoms with Crippen LogP contribution >= 0.6 is 0 Å². The minimum absolute atomic E-state index is 0.0689. The number of amides is 1. The second-order valence-electron chi connectivity index (χ2n) is 9.21. The van der Waals surface area contributed by atoms with E-state index >= 15 is 0 Å². The first-order chi connectivity index (χ1) is 16.0. The first-order valence-corrected chi connectivity index (χ1v) is 11.2. The second-order valence-corrected chi connectivity index (χ2v) is 9.21. The van der Waals surface area contributed by atoms with E-state index in [1.54, 1.807) is 0 Å². The summed E-state index contributed by atoms with van der Waals surface area (Å²) in [6.45, 7) is 5.45. The predicted octanol–water partition coefficient (Wildman–Crippen LogP) is 4.05. The van der Waals surface area contributed by atoms with E-state index in [0.29, 0.717) is 26.1 Å². The van der Waals surface area contributed by atoms with Crippen molar-refractivity contribution >= 4 is 11.8 Å². The fourth-order valence-electron chi connectivity index (χ4n) is 4.99. The largest absolute Gasteiger partial charge is 0.434 e. The number of likely N-dealkylation sites (tertiary alicyclic amines) is 2. The zero-order valence-corrected chi connectivity index (χ0v) is 18.5. The van der Waals surface area contributed by atoms with Crippen molar-refractivity contribution in [3.8, 4) is 0 Å². The maximum absolute atomic E-state index is 12.7. The van der Waals surface area contributed by atoms with Crippen LogP contribution in [-0.2, 0) is 16.0 Å². The molecule has 0 N–H and O–H groups in total. The minimum Gasteiger partial charge on any atom is -0.426 e. The first kappa shape index (κ1) is 24.9. The van der Waals surface area contributed by atoms with E-state index in [1.807, 2.05) is 12.1 Å². The lowest BCUT2D eigenvalue weighted by Gasteiger charge is -2.54. The number of hydrogen-bond acceptors (Lipinski definition) is 5. The van der Waals surface area contributed by atoms with Crippen LogP contribution in [-0.4, -0.2) is 86.8 Å². The normalized spacial score (nSPS) is 21.6. The average Bonchev–Trinajstić information content (AvgIpc) is 2.76. The van der Waals surface area contributed by atoms with Gasteiger partial charge in [0.1, 0.15) is 0 Å². The Hall–Kier alpha value is -2.21. The zero-order valence-electron chi connectivity index (χ0n) is 18.5. The number of benzene rings is 1. The molecule has 0 bridgehead atoms. The maximum atomic E-state index is 12.7. The highest BCUT2D eigenvalue weighted by atomic mass is 19.4. The van der Waals surface area contributed by atoms with Crippen molar-refractivity contribution in [2.45, 2.75) is 37.8 Å². The molecule has 0 radical (unpaired) electrons. The summed E-state index contributed by atoms with van der Waals surface area (Å²) < 4.78 is 85.3. The molecule has 0 aliphatic carbocycles. The summed E-state index contributed by atoms with van der Waals surface area (Å²) in [6.07, 6.45) is -16.1. The molecule has 3 aliphatic heterocycles. The SMILES string of the molecule is O=C(OC(C(F)(F)F)C(F)(F)F)N1CCC2(CC1)CN(Cc1ccccc1N1CCOCC1)C2. The van der Waals surface area contributed by atoms with Gasteiger partial charge in [0, 0.05) is 51.5 Å². The molecule has 6 nitrogen and oxygen atoms in total. The number of halogens is 6. The number of nitrogens with zero attached hydrogens (tertiary/aromatic N) is 3. The first-order valence-electron chi connectivity index (χ1n) is 11.2. The van der Waals surface area contributed by atoms with Gasteiger partial charge in [-0.05, 0) is 29.9 Å². The molecule has 3 heterocycles. The van der Waals surface area contributed by atoms with Crippen molar-refractivity contribution in [2.24, 2.45) is 5.41 Å². The molecule has 3 aliphatic rings. The Morgan fingerprint density at radius 3 is 2.15 bits per heavy atom. The number of piperidine rings is 1. The van der Waals surface area contributed by atoms with Crippen molar-refractivity contribution in [3.63, 3.8) is 0 Å². The third-order valence-electron chi connectivity index (χ3n) is 6.75. The van der Waals surface area contributed by atoms with Crippen LogP contribution in [0.25, 0.3) is 0 Å². The topological polar surface area (TPSA) is 45.2 Å². The maximum Gasteiger partial charge on any atom is 0.434 e. The number of anilines is 1. The summed E-state index contributed by atoms with van der Waals surface area (Å²) in [5, 5.41) is 0. The van der Waals surface area contributed by atoms with Crippen LogP contribution in [0.5, 0.6) is 0 Å². The summed E-state index contributed by atoms with van der Waals surface area (Å²) >= 11 is 0. The molecule has 0 aromatic heterocycles. The Morgan fingerprint density at radius 1 is 0.971 bits per heavy atom. The smallest absolute Gasteiger partial charge is 0.426 e. The van der Waals surface area contributed by atoms with E-state index in [2.05, 4.69) is 26.7 Å². The summed E-state index contributed by atoms with van der Waals surface area (Å²) in [5.74, 6) is 0. The number of morpholine rings is 1. The predicted molar refractivity (Wildman–Crippen MR) is 110 cm³/mol. The van der Waals surface area contributed by atoms with Gasteiger partial charge in [-0.15, -0.1) is 0 Å². The van der Waals surface area contributed by atoms with Crippen LogP contribution in [0.15, 0.2) is 24.3 Å². The molecule has 0 unspecified atom stereocenters. The van der Waals surface area contributed by atoms with Gasteiger partial charge in [0.05, 0.1) is 13.2 Å². The van der Waals surface area contributed by atoms with Gasteiger partial charge in [0.2, 0.25) is 0 Å². The zero-order chi connectivity index (χ0) is 24.6. The van der Waals surface area contributed by atoms with Crippen molar-refractivity contribution in [2.75, 3.05) is 57.4 Å². The molecule has 1 spiro atoms. The monoisotopic (exact) mass is 495 g/mol. The third-order valence-corrected chi connectivity index (χ3v) is 6.75. The summed E-state index contributed by atoms with van der Waals surface area (Å²) in [5.41, 5.74) is 2.29. The number of ether oxygens (including phenoxy) is 2. The van der Waals surface area contributed by atoms with Crippen LogP contribution in [0.4, 0.5) is 36.8 Å². The molecule has 0 saturated carbocycles. The quantitative estimate of drug-likeness (QED) is 0.590. The van der Waals surface area contributed by atoms with E-state index in [-0.39, 0.29) is 18.5 Å². The summed E-state index contributed by atoms with van der Waals surface area (Å²) in [6, 6.07) is 8.18. The van der Waals surface area contributed by atoms with Crippen molar-refractivity contribution < 1.29 is 40.6 Å². The summed E-state index contributed by atoms with van der Waals surface area (Å²) in [4.78, 5) is 17.5. The van der Waals surface area contributed by atoms with Gasteiger partial charge in [0.25, 0.3) is 6.10 Å². The molecule has 34 heavy (non-hydrogen) atoms. The Balaban J connectivity index is 1.28. The van der Waals surface area contributed by atoms with Gasteiger partial charge in [-0.1, -0.05) is 18.2 Å². The fraction of sp³-hybridized carbons (Fsp3) is 0.682. The van der Waals surface area contributed by atoms with E-state index < -0.39 is 24.5 Å². The van der Waals surface area contributed by atoms with Gasteiger partial charge in [-0.25, -0.2) is 4.79 Å². The Bertz CT molecular complexity index is 842.